The molecule has 0 radical (unpaired) electrons. The highest BCUT2D eigenvalue weighted by molar-refractivity contribution is 7.88. The summed E-state index contributed by atoms with van der Waals surface area (Å²) >= 11 is 0. The van der Waals surface area contributed by atoms with Crippen LogP contribution in [0.3, 0.4) is 0 Å². The Labute approximate surface area is 360 Å². The van der Waals surface area contributed by atoms with Gasteiger partial charge in [-0.15, -0.1) is 0 Å². The fourth-order valence-corrected chi connectivity index (χ4v) is 7.25. The average Bonchev–Trinajstić information content (AvgIpc) is 3.28. The van der Waals surface area contributed by atoms with Crippen LogP contribution in [0.1, 0.15) is 74.4 Å². The summed E-state index contributed by atoms with van der Waals surface area (Å²) in [4.78, 5) is 29.0. The predicted octanol–water partition coefficient (Wildman–Crippen LogP) is 10.2. The number of methoxy groups -OCH3 is 3. The Morgan fingerprint density at radius 2 is 1.00 bits per heavy atom. The number of nitrogens with zero attached hydrogens (tertiary/aromatic N) is 4. The van der Waals surface area contributed by atoms with Gasteiger partial charge < -0.3 is 18.4 Å². The molecular weight excluding hydrogens is 822 g/mol. The van der Waals surface area contributed by atoms with Gasteiger partial charge in [0, 0.05) is 40.5 Å². The van der Waals surface area contributed by atoms with Gasteiger partial charge in [0.25, 0.3) is 0 Å². The molecule has 2 aromatic carbocycles. The van der Waals surface area contributed by atoms with Crippen LogP contribution in [0.5, 0.6) is 17.2 Å². The maximum Gasteiger partial charge on any atom is 0.534 e. The third-order valence-electron chi connectivity index (χ3n) is 11.3. The molecule has 0 saturated carbocycles. The Bertz CT molecular complexity index is 2550. The number of rotatable bonds is 13. The number of ether oxygens (including phenoxy) is 3. The van der Waals surface area contributed by atoms with Crippen molar-refractivity contribution in [2.45, 2.75) is 57.9 Å². The highest BCUT2D eigenvalue weighted by atomic mass is 32.2. The smallest absolute Gasteiger partial charge is 0.495 e. The Kier molecular flexibility index (Phi) is 14.4. The molecule has 6 aromatic rings. The van der Waals surface area contributed by atoms with E-state index in [1.807, 2.05) is 69.4 Å². The largest absolute Gasteiger partial charge is 0.534 e. The fourth-order valence-electron chi connectivity index (χ4n) is 6.80. The van der Waals surface area contributed by atoms with Crippen molar-refractivity contribution in [3.05, 3.63) is 150 Å². The van der Waals surface area contributed by atoms with Crippen molar-refractivity contribution in [1.82, 2.24) is 19.9 Å². The highest BCUT2D eigenvalue weighted by Crippen LogP contribution is 2.41. The number of carbonyl (C=O) groups is 1. The standard InChI is InChI=1S/C24H26N2O3.C23H23F3N2O4S/c1-16(2)24(3,22-11-8-18(14-26-22)23(27)29-5)20-9-6-17(7-10-20)19-12-21(28-4)15-25-13-19;1-15(2)22(3,21-10-9-19(14-28-21)32-33(29,30)23(24,25)26)18-7-5-16(6-8-18)17-11-20(31-4)13-27-12-17/h6-16H,1-5H3;5-15H,1-4H3. The van der Waals surface area contributed by atoms with Crippen LogP contribution in [0.15, 0.2) is 122 Å². The van der Waals surface area contributed by atoms with Crippen molar-refractivity contribution < 1.29 is 44.8 Å². The van der Waals surface area contributed by atoms with Crippen molar-refractivity contribution in [3.63, 3.8) is 0 Å². The van der Waals surface area contributed by atoms with Crippen LogP contribution < -0.4 is 13.7 Å². The first-order valence-corrected chi connectivity index (χ1v) is 20.9. The maximum absolute atomic E-state index is 12.6. The van der Waals surface area contributed by atoms with Gasteiger partial charge in [-0.3, -0.25) is 19.9 Å². The van der Waals surface area contributed by atoms with E-state index in [2.05, 4.69) is 69.2 Å². The van der Waals surface area contributed by atoms with Crippen LogP contribution in [0.2, 0.25) is 0 Å². The van der Waals surface area contributed by atoms with Crippen LogP contribution in [0, 0.1) is 11.8 Å². The molecular formula is C47H49F3N4O7S. The Morgan fingerprint density at radius 1 is 0.565 bits per heavy atom. The quantitative estimate of drug-likeness (QED) is 0.0622. The lowest BCUT2D eigenvalue weighted by Crippen LogP contribution is -2.31. The summed E-state index contributed by atoms with van der Waals surface area (Å²) in [5, 5.41) is 0. The fraction of sp³-hybridized carbons (Fsp3) is 0.298. The Balaban J connectivity index is 0.000000236. The summed E-state index contributed by atoms with van der Waals surface area (Å²) in [6.07, 6.45) is 9.43. The summed E-state index contributed by atoms with van der Waals surface area (Å²) in [6, 6.07) is 26.4. The summed E-state index contributed by atoms with van der Waals surface area (Å²) in [5.41, 5.74) is 1.48. The van der Waals surface area contributed by atoms with Gasteiger partial charge in [-0.05, 0) is 84.3 Å². The van der Waals surface area contributed by atoms with Gasteiger partial charge in [0.2, 0.25) is 0 Å². The van der Waals surface area contributed by atoms with Crippen LogP contribution in [0.4, 0.5) is 13.2 Å². The molecule has 0 aliphatic rings. The highest BCUT2D eigenvalue weighted by Gasteiger charge is 2.48. The van der Waals surface area contributed by atoms with Crippen molar-refractivity contribution in [2.24, 2.45) is 11.8 Å². The Hall–Kier alpha value is -6.35. The molecule has 0 amide bonds. The zero-order chi connectivity index (χ0) is 45.5. The molecule has 2 atom stereocenters. The number of hydrogen-bond donors (Lipinski definition) is 0. The molecule has 326 valence electrons. The molecule has 6 rings (SSSR count). The van der Waals surface area contributed by atoms with E-state index in [0.717, 1.165) is 51.0 Å². The number of hydrogen-bond acceptors (Lipinski definition) is 11. The third kappa shape index (κ3) is 10.0. The first kappa shape index (κ1) is 46.7. The molecule has 0 fully saturated rings. The lowest BCUT2D eigenvalue weighted by molar-refractivity contribution is -0.0500. The number of carbonyl (C=O) groups excluding carboxylic acids is 1. The van der Waals surface area contributed by atoms with E-state index < -0.39 is 26.8 Å². The molecule has 0 N–H and O–H groups in total. The van der Waals surface area contributed by atoms with Gasteiger partial charge in [-0.1, -0.05) is 76.2 Å². The maximum atomic E-state index is 12.6. The van der Waals surface area contributed by atoms with Crippen molar-refractivity contribution in [2.75, 3.05) is 21.3 Å². The summed E-state index contributed by atoms with van der Waals surface area (Å²) < 4.78 is 79.6. The average molecular weight is 871 g/mol. The topological polar surface area (TPSA) is 140 Å². The van der Waals surface area contributed by atoms with Gasteiger partial charge in [0.1, 0.15) is 11.5 Å². The first-order chi connectivity index (χ1) is 29.3. The number of alkyl halides is 3. The number of esters is 1. The molecule has 0 spiro atoms. The summed E-state index contributed by atoms with van der Waals surface area (Å²) in [7, 11) is -1.18. The molecule has 0 aliphatic carbocycles. The second kappa shape index (κ2) is 19.1. The number of benzene rings is 2. The van der Waals surface area contributed by atoms with Gasteiger partial charge in [-0.25, -0.2) is 4.79 Å². The van der Waals surface area contributed by atoms with E-state index in [0.29, 0.717) is 22.9 Å². The molecule has 0 aliphatic heterocycles. The summed E-state index contributed by atoms with van der Waals surface area (Å²) in [6.45, 7) is 12.5. The van der Waals surface area contributed by atoms with E-state index in [9.17, 15) is 26.4 Å². The van der Waals surface area contributed by atoms with Gasteiger partial charge in [0.05, 0.1) is 56.9 Å². The lowest BCUT2D eigenvalue weighted by Gasteiger charge is -2.34. The SMILES string of the molecule is COC(=O)c1ccc(C(C)(c2ccc(-c3cncc(OC)c3)cc2)C(C)C)nc1.COc1cncc(-c2ccc(C(C)(c3ccc(OS(=O)(=O)C(F)(F)F)cn3)C(C)C)cc2)c1. The van der Waals surface area contributed by atoms with E-state index in [4.69, 9.17) is 14.2 Å². The van der Waals surface area contributed by atoms with Gasteiger partial charge in [-0.2, -0.15) is 21.6 Å². The minimum atomic E-state index is -5.76. The van der Waals surface area contributed by atoms with Gasteiger partial charge in [0.15, 0.2) is 5.75 Å². The van der Waals surface area contributed by atoms with Crippen LogP contribution in [-0.4, -0.2) is 61.2 Å². The molecule has 4 aromatic heterocycles. The second-order valence-corrected chi connectivity index (χ2v) is 16.9. The molecule has 0 bridgehead atoms. The number of halogens is 3. The number of pyridine rings is 4. The first-order valence-electron chi connectivity index (χ1n) is 19.5. The van der Waals surface area contributed by atoms with E-state index >= 15 is 0 Å². The van der Waals surface area contributed by atoms with E-state index in [-0.39, 0.29) is 17.3 Å². The van der Waals surface area contributed by atoms with Crippen molar-refractivity contribution in [1.29, 1.82) is 0 Å². The van der Waals surface area contributed by atoms with Gasteiger partial charge >= 0.3 is 21.6 Å². The van der Waals surface area contributed by atoms with Crippen LogP contribution in [0.25, 0.3) is 22.3 Å². The monoisotopic (exact) mass is 870 g/mol. The molecule has 62 heavy (non-hydrogen) atoms. The predicted molar refractivity (Wildman–Crippen MR) is 230 cm³/mol. The number of aromatic nitrogens is 4. The minimum Gasteiger partial charge on any atom is -0.495 e. The van der Waals surface area contributed by atoms with Crippen LogP contribution >= 0.6 is 0 Å². The van der Waals surface area contributed by atoms with E-state index in [1.165, 1.54) is 19.2 Å². The molecule has 15 heteroatoms. The van der Waals surface area contributed by atoms with Crippen molar-refractivity contribution in [3.8, 4) is 39.5 Å². The van der Waals surface area contributed by atoms with Crippen molar-refractivity contribution >= 4 is 16.1 Å². The van der Waals surface area contributed by atoms with E-state index in [1.54, 1.807) is 45.1 Å². The normalized spacial score (nSPS) is 13.6. The molecule has 2 unspecified atom stereocenters. The molecule has 0 saturated heterocycles. The Morgan fingerprint density at radius 3 is 1.34 bits per heavy atom. The minimum absolute atomic E-state index is 0.0556. The third-order valence-corrected chi connectivity index (χ3v) is 12.3. The molecule has 4 heterocycles. The summed E-state index contributed by atoms with van der Waals surface area (Å²) in [5.74, 6) is 0.828. The lowest BCUT2D eigenvalue weighted by atomic mass is 9.70. The zero-order valence-corrected chi connectivity index (χ0v) is 36.7. The van der Waals surface area contributed by atoms with Crippen LogP contribution in [-0.2, 0) is 25.7 Å². The second-order valence-electron chi connectivity index (χ2n) is 15.4. The molecule has 11 nitrogen and oxygen atoms in total. The zero-order valence-electron chi connectivity index (χ0n) is 35.9.